The van der Waals surface area contributed by atoms with Gasteiger partial charge in [0.1, 0.15) is 6.10 Å². The van der Waals surface area contributed by atoms with Crippen LogP contribution < -0.4 is 0 Å². The topological polar surface area (TPSA) is 55.8 Å². The Kier molecular flexibility index (Phi) is 39.2. The summed E-state index contributed by atoms with van der Waals surface area (Å²) in [5.41, 5.74) is 0. The summed E-state index contributed by atoms with van der Waals surface area (Å²) in [4.78, 5) is 12.2. The second kappa shape index (κ2) is 41.5. The van der Waals surface area contributed by atoms with Gasteiger partial charge in [-0.3, -0.25) is 4.79 Å². The maximum Gasteiger partial charge on any atom is 0.306 e. The summed E-state index contributed by atoms with van der Waals surface area (Å²) >= 11 is 0. The van der Waals surface area contributed by atoms with Gasteiger partial charge in [-0.2, -0.15) is 0 Å². The Morgan fingerprint density at radius 1 is 0.510 bits per heavy atom. The number of carbonyl (C=O) groups is 1. The summed E-state index contributed by atoms with van der Waals surface area (Å²) in [5.74, 6) is -0.233. The van der Waals surface area contributed by atoms with E-state index in [1.807, 2.05) is 0 Å². The number of aliphatic hydroxyl groups excluding tert-OH is 1. The van der Waals surface area contributed by atoms with E-state index in [-0.39, 0.29) is 19.2 Å². The number of aliphatic hydroxyl groups is 1. The van der Waals surface area contributed by atoms with Crippen LogP contribution in [0.2, 0.25) is 0 Å². The highest BCUT2D eigenvalue weighted by atomic mass is 16.6. The summed E-state index contributed by atoms with van der Waals surface area (Å²) in [6, 6.07) is 0. The van der Waals surface area contributed by atoms with Gasteiger partial charge >= 0.3 is 5.97 Å². The van der Waals surface area contributed by atoms with Crippen LogP contribution in [0.25, 0.3) is 0 Å². The van der Waals surface area contributed by atoms with Crippen molar-refractivity contribution < 1.29 is 19.4 Å². The first kappa shape index (κ1) is 46.3. The van der Waals surface area contributed by atoms with Crippen molar-refractivity contribution in [1.82, 2.24) is 0 Å². The SMILES string of the molecule is CC/C=C\C/C=C\C/C=C\C/C=C\C/C=C\CCCCOCC(CO)OC(=O)CCCCCCCC/C=C\C/C=C\C/C=C\CCCCC. The van der Waals surface area contributed by atoms with Crippen LogP contribution in [0.4, 0.5) is 0 Å². The van der Waals surface area contributed by atoms with Gasteiger partial charge in [-0.05, 0) is 96.3 Å². The highest BCUT2D eigenvalue weighted by molar-refractivity contribution is 5.69. The van der Waals surface area contributed by atoms with Crippen LogP contribution in [0.3, 0.4) is 0 Å². The second-order valence-corrected chi connectivity index (χ2v) is 12.6. The lowest BCUT2D eigenvalue weighted by Gasteiger charge is -2.15. The number of rotatable bonds is 35. The Hall–Kier alpha value is -2.69. The van der Waals surface area contributed by atoms with E-state index >= 15 is 0 Å². The molecule has 49 heavy (non-hydrogen) atoms. The molecule has 0 aliphatic carbocycles. The van der Waals surface area contributed by atoms with Crippen molar-refractivity contribution >= 4 is 5.97 Å². The maximum atomic E-state index is 12.2. The minimum absolute atomic E-state index is 0.201. The Bertz CT molecular complexity index is 934. The fourth-order valence-electron chi connectivity index (χ4n) is 4.95. The first-order valence-corrected chi connectivity index (χ1v) is 19.8. The smallest absolute Gasteiger partial charge is 0.306 e. The molecule has 0 aliphatic rings. The molecule has 0 aromatic rings. The van der Waals surface area contributed by atoms with Gasteiger partial charge in [-0.1, -0.05) is 150 Å². The third kappa shape index (κ3) is 39.6. The zero-order valence-corrected chi connectivity index (χ0v) is 31.7. The van der Waals surface area contributed by atoms with Crippen LogP contribution in [0.5, 0.6) is 0 Å². The van der Waals surface area contributed by atoms with Crippen molar-refractivity contribution in [3.63, 3.8) is 0 Å². The minimum Gasteiger partial charge on any atom is -0.457 e. The molecule has 4 heteroatoms. The largest absolute Gasteiger partial charge is 0.457 e. The number of ether oxygens (including phenoxy) is 2. The summed E-state index contributed by atoms with van der Waals surface area (Å²) in [7, 11) is 0. The molecule has 0 heterocycles. The van der Waals surface area contributed by atoms with Crippen molar-refractivity contribution in [3.05, 3.63) is 97.2 Å². The molecule has 0 bridgehead atoms. The summed E-state index contributed by atoms with van der Waals surface area (Å²) in [5, 5.41) is 9.58. The van der Waals surface area contributed by atoms with Crippen molar-refractivity contribution in [3.8, 4) is 0 Å². The van der Waals surface area contributed by atoms with E-state index in [1.165, 1.54) is 44.9 Å². The van der Waals surface area contributed by atoms with Gasteiger partial charge in [0, 0.05) is 13.0 Å². The monoisotopic (exact) mass is 679 g/mol. The number of hydrogen-bond donors (Lipinski definition) is 1. The molecular formula is C45H74O4. The van der Waals surface area contributed by atoms with E-state index in [0.717, 1.165) is 89.9 Å². The van der Waals surface area contributed by atoms with Crippen LogP contribution in [0.1, 0.15) is 155 Å². The molecule has 278 valence electrons. The van der Waals surface area contributed by atoms with Gasteiger partial charge in [0.25, 0.3) is 0 Å². The minimum atomic E-state index is -0.570. The van der Waals surface area contributed by atoms with Crippen LogP contribution in [0, 0.1) is 0 Å². The van der Waals surface area contributed by atoms with Gasteiger partial charge in [-0.15, -0.1) is 0 Å². The van der Waals surface area contributed by atoms with E-state index in [4.69, 9.17) is 9.47 Å². The standard InChI is InChI=1S/C45H74O4/c1-3-5-7-9-11-13-15-17-19-21-23-24-26-28-30-32-34-36-38-40-45(47)49-44(42-46)43-48-41-39-37-35-33-31-29-27-25-22-20-18-16-14-12-10-8-6-4-2/h6,8,11-14,17-20,23-25,27,31,33,44,46H,3-5,7,9-10,15-16,21-22,26,28-30,32,34-43H2,1-2H3/b8-6-,13-11-,14-12-,19-17-,20-18-,24-23-,27-25-,33-31-. The summed E-state index contributed by atoms with van der Waals surface area (Å²) in [6.07, 6.45) is 58.8. The van der Waals surface area contributed by atoms with Gasteiger partial charge in [0.05, 0.1) is 13.2 Å². The maximum absolute atomic E-state index is 12.2. The molecule has 0 spiro atoms. The molecular weight excluding hydrogens is 604 g/mol. The second-order valence-electron chi connectivity index (χ2n) is 12.6. The number of carbonyl (C=O) groups excluding carboxylic acids is 1. The molecule has 0 amide bonds. The molecule has 0 saturated heterocycles. The summed E-state index contributed by atoms with van der Waals surface area (Å²) in [6.45, 7) is 5.07. The molecule has 1 N–H and O–H groups in total. The lowest BCUT2D eigenvalue weighted by molar-refractivity contribution is -0.154. The fourth-order valence-corrected chi connectivity index (χ4v) is 4.95. The lowest BCUT2D eigenvalue weighted by atomic mass is 10.1. The predicted molar refractivity (Wildman–Crippen MR) is 214 cm³/mol. The van der Waals surface area contributed by atoms with Gasteiger partial charge in [0.15, 0.2) is 0 Å². The Labute approximate surface area is 302 Å². The molecule has 0 aromatic heterocycles. The highest BCUT2D eigenvalue weighted by Crippen LogP contribution is 2.11. The van der Waals surface area contributed by atoms with Crippen molar-refractivity contribution in [1.29, 1.82) is 0 Å². The van der Waals surface area contributed by atoms with Crippen molar-refractivity contribution in [2.45, 2.75) is 161 Å². The van der Waals surface area contributed by atoms with Crippen LogP contribution in [-0.4, -0.2) is 37.0 Å². The van der Waals surface area contributed by atoms with E-state index in [9.17, 15) is 9.90 Å². The van der Waals surface area contributed by atoms with E-state index < -0.39 is 6.10 Å². The molecule has 1 unspecified atom stereocenters. The first-order chi connectivity index (χ1) is 24.2. The third-order valence-corrected chi connectivity index (χ3v) is 7.89. The lowest BCUT2D eigenvalue weighted by Crippen LogP contribution is -2.27. The van der Waals surface area contributed by atoms with Crippen molar-refractivity contribution in [2.75, 3.05) is 19.8 Å². The average molecular weight is 679 g/mol. The molecule has 0 aromatic carbocycles. The van der Waals surface area contributed by atoms with Gasteiger partial charge in [-0.25, -0.2) is 0 Å². The van der Waals surface area contributed by atoms with E-state index in [2.05, 4.69) is 111 Å². The molecule has 0 aliphatic heterocycles. The number of allylic oxidation sites excluding steroid dienone is 16. The number of hydrogen-bond acceptors (Lipinski definition) is 4. The van der Waals surface area contributed by atoms with E-state index in [0.29, 0.717) is 13.0 Å². The van der Waals surface area contributed by atoms with Gasteiger partial charge < -0.3 is 14.6 Å². The Balaban J connectivity index is 3.60. The van der Waals surface area contributed by atoms with Crippen LogP contribution >= 0.6 is 0 Å². The number of esters is 1. The van der Waals surface area contributed by atoms with Crippen molar-refractivity contribution in [2.24, 2.45) is 0 Å². The zero-order valence-electron chi connectivity index (χ0n) is 31.7. The molecule has 0 radical (unpaired) electrons. The molecule has 4 nitrogen and oxygen atoms in total. The zero-order chi connectivity index (χ0) is 35.6. The fraction of sp³-hybridized carbons (Fsp3) is 0.622. The predicted octanol–water partition coefficient (Wildman–Crippen LogP) is 13.0. The average Bonchev–Trinajstić information content (AvgIpc) is 3.11. The summed E-state index contributed by atoms with van der Waals surface area (Å²) < 4.78 is 11.1. The van der Waals surface area contributed by atoms with Crippen LogP contribution in [-0.2, 0) is 14.3 Å². The Morgan fingerprint density at radius 2 is 0.918 bits per heavy atom. The van der Waals surface area contributed by atoms with Gasteiger partial charge in [0.2, 0.25) is 0 Å². The quantitative estimate of drug-likeness (QED) is 0.0412. The normalized spacial score (nSPS) is 13.4. The van der Waals surface area contributed by atoms with E-state index in [1.54, 1.807) is 0 Å². The first-order valence-electron chi connectivity index (χ1n) is 19.8. The molecule has 0 rings (SSSR count). The number of unbranched alkanes of at least 4 members (excludes halogenated alkanes) is 11. The molecule has 1 atom stereocenters. The highest BCUT2D eigenvalue weighted by Gasteiger charge is 2.13. The Morgan fingerprint density at radius 3 is 1.39 bits per heavy atom. The molecule has 0 fully saturated rings. The molecule has 0 saturated carbocycles. The van der Waals surface area contributed by atoms with Crippen LogP contribution in [0.15, 0.2) is 97.2 Å². The third-order valence-electron chi connectivity index (χ3n) is 7.89.